The first-order valence-electron chi connectivity index (χ1n) is 16.1. The number of carboxylic acids is 1. The first-order valence-corrected chi connectivity index (χ1v) is 16.1. The molecule has 0 aliphatic heterocycles. The molecule has 1 aromatic rings. The monoisotopic (exact) mass is 691 g/mol. The molecule has 16 nitrogen and oxygen atoms in total. The number of aromatic hydroxyl groups is 1. The molecule has 0 fully saturated rings. The number of nitrogens with two attached hydrogens (primary N) is 1. The van der Waals surface area contributed by atoms with Crippen LogP contribution in [0.2, 0.25) is 0 Å². The average Bonchev–Trinajstić information content (AvgIpc) is 3.02. The second kappa shape index (κ2) is 20.6. The van der Waals surface area contributed by atoms with E-state index in [1.165, 1.54) is 12.1 Å². The van der Waals surface area contributed by atoms with Gasteiger partial charge in [0, 0.05) is 5.70 Å². The summed E-state index contributed by atoms with van der Waals surface area (Å²) in [6.07, 6.45) is 0.483. The van der Waals surface area contributed by atoms with Gasteiger partial charge in [0.25, 0.3) is 0 Å². The van der Waals surface area contributed by atoms with E-state index in [1.807, 2.05) is 13.8 Å². The number of amides is 5. The molecule has 0 aromatic heterocycles. The van der Waals surface area contributed by atoms with Gasteiger partial charge in [-0.2, -0.15) is 0 Å². The molecule has 0 aliphatic rings. The highest BCUT2D eigenvalue weighted by molar-refractivity contribution is 5.92. The second-order valence-corrected chi connectivity index (χ2v) is 12.9. The van der Waals surface area contributed by atoms with E-state index in [0.717, 1.165) is 0 Å². The Hall–Kier alpha value is -4.70. The van der Waals surface area contributed by atoms with Crippen LogP contribution < -0.4 is 37.6 Å². The van der Waals surface area contributed by atoms with Crippen LogP contribution in [0.5, 0.6) is 5.75 Å². The molecule has 5 atom stereocenters. The molecule has 5 amide bonds. The molecule has 11 N–H and O–H groups in total. The Morgan fingerprint density at radius 2 is 1.29 bits per heavy atom. The normalized spacial score (nSPS) is 14.2. The fourth-order valence-corrected chi connectivity index (χ4v) is 4.62. The number of rotatable bonds is 21. The van der Waals surface area contributed by atoms with Gasteiger partial charge in [0.15, 0.2) is 0 Å². The van der Waals surface area contributed by atoms with Gasteiger partial charge in [-0.25, -0.2) is 0 Å². The Bertz CT molecular complexity index is 1300. The van der Waals surface area contributed by atoms with Crippen molar-refractivity contribution in [3.8, 4) is 5.75 Å². The van der Waals surface area contributed by atoms with Gasteiger partial charge >= 0.3 is 5.97 Å². The van der Waals surface area contributed by atoms with Gasteiger partial charge < -0.3 is 53.0 Å². The van der Waals surface area contributed by atoms with Crippen LogP contribution in [0.15, 0.2) is 36.5 Å². The lowest BCUT2D eigenvalue weighted by atomic mass is 9.97. The van der Waals surface area contributed by atoms with Crippen molar-refractivity contribution in [2.45, 2.75) is 84.6 Å². The van der Waals surface area contributed by atoms with E-state index in [2.05, 4.69) is 38.5 Å². The van der Waals surface area contributed by atoms with Gasteiger partial charge in [-0.1, -0.05) is 60.3 Å². The maximum absolute atomic E-state index is 13.6. The van der Waals surface area contributed by atoms with Crippen LogP contribution in [-0.4, -0.2) is 101 Å². The van der Waals surface area contributed by atoms with E-state index >= 15 is 0 Å². The zero-order chi connectivity index (χ0) is 37.4. The molecule has 0 bridgehead atoms. The molecule has 0 unspecified atom stereocenters. The highest BCUT2D eigenvalue weighted by atomic mass is 16.4. The van der Waals surface area contributed by atoms with Crippen molar-refractivity contribution in [1.82, 2.24) is 31.9 Å². The molecule has 49 heavy (non-hydrogen) atoms. The molecule has 1 aromatic carbocycles. The molecular formula is C33H53N7O9. The number of hydrogen-bond donors (Lipinski definition) is 10. The van der Waals surface area contributed by atoms with Crippen LogP contribution in [0.1, 0.15) is 53.5 Å². The van der Waals surface area contributed by atoms with Crippen LogP contribution in [0.25, 0.3) is 0 Å². The van der Waals surface area contributed by atoms with Crippen molar-refractivity contribution < 1.29 is 44.1 Å². The van der Waals surface area contributed by atoms with E-state index in [-0.39, 0.29) is 29.7 Å². The number of benzene rings is 1. The quantitative estimate of drug-likeness (QED) is 0.0736. The van der Waals surface area contributed by atoms with Crippen molar-refractivity contribution in [1.29, 1.82) is 0 Å². The highest BCUT2D eigenvalue weighted by Crippen LogP contribution is 2.16. The SMILES string of the molecule is C=C(N[C@H](CC(C)C)C(=O)N[C@@H](C(=O)NCC(=O)O)C(C)C)[C@@H](Cc1ccc(O)cc1)NC(=O)[C@H](NC(=O)CNC(=O)[C@H](N)CO)C(C)C. The van der Waals surface area contributed by atoms with Gasteiger partial charge in [0.05, 0.1) is 19.2 Å². The minimum atomic E-state index is -1.23. The Kier molecular flexibility index (Phi) is 17.8. The van der Waals surface area contributed by atoms with Gasteiger partial charge in [0.2, 0.25) is 29.5 Å². The number of aliphatic hydroxyl groups is 1. The summed E-state index contributed by atoms with van der Waals surface area (Å²) in [4.78, 5) is 75.4. The molecular weight excluding hydrogens is 638 g/mol. The van der Waals surface area contributed by atoms with E-state index in [0.29, 0.717) is 12.0 Å². The molecule has 0 spiro atoms. The minimum absolute atomic E-state index is 0.00693. The number of carbonyl (C=O) groups excluding carboxylic acids is 5. The Labute approximate surface area is 287 Å². The Morgan fingerprint density at radius 1 is 0.735 bits per heavy atom. The van der Waals surface area contributed by atoms with E-state index in [4.69, 9.17) is 15.9 Å². The third-order valence-corrected chi connectivity index (χ3v) is 7.38. The van der Waals surface area contributed by atoms with Gasteiger partial charge in [-0.3, -0.25) is 28.8 Å². The van der Waals surface area contributed by atoms with Crippen molar-refractivity contribution in [3.63, 3.8) is 0 Å². The lowest BCUT2D eigenvalue weighted by Crippen LogP contribution is -2.57. The topological polar surface area (TPSA) is 261 Å². The summed E-state index contributed by atoms with van der Waals surface area (Å²) in [6.45, 7) is 13.1. The molecule has 0 saturated heterocycles. The zero-order valence-electron chi connectivity index (χ0n) is 29.0. The summed E-state index contributed by atoms with van der Waals surface area (Å²) in [5.74, 6) is -5.11. The number of aliphatic hydroxyl groups excluding tert-OH is 1. The van der Waals surface area contributed by atoms with Crippen molar-refractivity contribution in [2.75, 3.05) is 19.7 Å². The first-order chi connectivity index (χ1) is 22.9. The molecule has 1 rings (SSSR count). The van der Waals surface area contributed by atoms with Gasteiger partial charge in [-0.05, 0) is 48.3 Å². The molecule has 274 valence electrons. The van der Waals surface area contributed by atoms with Crippen molar-refractivity contribution >= 4 is 35.5 Å². The maximum atomic E-state index is 13.6. The summed E-state index contributed by atoms with van der Waals surface area (Å²) in [6, 6.07) is 1.26. The summed E-state index contributed by atoms with van der Waals surface area (Å²) in [5.41, 5.74) is 6.41. The number of phenolic OH excluding ortho intramolecular Hbond substituents is 1. The van der Waals surface area contributed by atoms with Crippen molar-refractivity contribution in [3.05, 3.63) is 42.1 Å². The van der Waals surface area contributed by atoms with Crippen molar-refractivity contribution in [2.24, 2.45) is 23.5 Å². The highest BCUT2D eigenvalue weighted by Gasteiger charge is 2.31. The number of phenols is 1. The summed E-state index contributed by atoms with van der Waals surface area (Å²) < 4.78 is 0. The van der Waals surface area contributed by atoms with Crippen LogP contribution in [0.3, 0.4) is 0 Å². The number of hydrogen-bond acceptors (Lipinski definition) is 10. The number of carbonyl (C=O) groups is 6. The molecule has 16 heteroatoms. The molecule has 0 aliphatic carbocycles. The smallest absolute Gasteiger partial charge is 0.322 e. The summed E-state index contributed by atoms with van der Waals surface area (Å²) >= 11 is 0. The third kappa shape index (κ3) is 15.4. The predicted octanol–water partition coefficient (Wildman–Crippen LogP) is -1.14. The van der Waals surface area contributed by atoms with Gasteiger partial charge in [0.1, 0.15) is 36.5 Å². The lowest BCUT2D eigenvalue weighted by molar-refractivity contribution is -0.138. The van der Waals surface area contributed by atoms with Crippen LogP contribution >= 0.6 is 0 Å². The molecule has 0 saturated carbocycles. The lowest BCUT2D eigenvalue weighted by Gasteiger charge is -2.31. The number of nitrogens with one attached hydrogen (secondary N) is 6. The predicted molar refractivity (Wildman–Crippen MR) is 182 cm³/mol. The molecule has 0 heterocycles. The van der Waals surface area contributed by atoms with Crippen LogP contribution in [-0.2, 0) is 35.2 Å². The minimum Gasteiger partial charge on any atom is -0.508 e. The fraction of sp³-hybridized carbons (Fsp3) is 0.576. The molecule has 0 radical (unpaired) electrons. The van der Waals surface area contributed by atoms with Crippen LogP contribution in [0.4, 0.5) is 0 Å². The van der Waals surface area contributed by atoms with E-state index in [1.54, 1.807) is 39.8 Å². The average molecular weight is 692 g/mol. The van der Waals surface area contributed by atoms with Crippen LogP contribution in [0, 0.1) is 17.8 Å². The van der Waals surface area contributed by atoms with E-state index in [9.17, 15) is 33.9 Å². The number of aliphatic carboxylic acids is 1. The number of carboxylic acid groups (broad SMARTS) is 1. The Morgan fingerprint density at radius 3 is 1.80 bits per heavy atom. The summed E-state index contributed by atoms with van der Waals surface area (Å²) in [5, 5.41) is 43.7. The van der Waals surface area contributed by atoms with Gasteiger partial charge in [-0.15, -0.1) is 0 Å². The van der Waals surface area contributed by atoms with E-state index < -0.39 is 91.3 Å². The Balaban J connectivity index is 3.26. The zero-order valence-corrected chi connectivity index (χ0v) is 29.0. The standard InChI is InChI=1S/C33H53N7O9/c1-17(2)12-25(31(47)40-28(18(3)4)32(48)36-15-27(44)45)37-20(7)24(13-21-8-10-22(42)11-9-21)38-33(49)29(19(5)6)39-26(43)14-35-30(46)23(34)16-41/h8-11,17-19,23-25,28-29,37,41-42H,7,12-16,34H2,1-6H3,(H,35,46)(H,36,48)(H,38,49)(H,39,43)(H,40,47)(H,44,45)/t23-,24-,25-,28-,29-/m1/s1. The fourth-order valence-electron chi connectivity index (χ4n) is 4.62. The second-order valence-electron chi connectivity index (χ2n) is 12.9. The third-order valence-electron chi connectivity index (χ3n) is 7.38. The summed E-state index contributed by atoms with van der Waals surface area (Å²) in [7, 11) is 0. The largest absolute Gasteiger partial charge is 0.508 e. The first kappa shape index (κ1) is 42.3. The maximum Gasteiger partial charge on any atom is 0.322 e.